The summed E-state index contributed by atoms with van der Waals surface area (Å²) in [4.78, 5) is 4.58. The van der Waals surface area contributed by atoms with E-state index >= 15 is 0 Å². The maximum absolute atomic E-state index is 4.58. The standard InChI is InChI=1S/C15H22N4S/c1-10(2)16-8-13-6-11(3)15(17-9-13)20-14-7-12(4)18-19(14)5/h6-7,9-10,16H,8H2,1-5H3. The Morgan fingerprint density at radius 1 is 1.30 bits per heavy atom. The molecule has 20 heavy (non-hydrogen) atoms. The molecule has 0 radical (unpaired) electrons. The Hall–Kier alpha value is -1.33. The molecular weight excluding hydrogens is 268 g/mol. The molecule has 0 saturated carbocycles. The van der Waals surface area contributed by atoms with Crippen LogP contribution in [-0.2, 0) is 13.6 Å². The van der Waals surface area contributed by atoms with Crippen LogP contribution in [0.5, 0.6) is 0 Å². The first-order valence-corrected chi connectivity index (χ1v) is 7.64. The van der Waals surface area contributed by atoms with Crippen LogP contribution < -0.4 is 5.32 Å². The fourth-order valence-corrected chi connectivity index (χ4v) is 2.85. The lowest BCUT2D eigenvalue weighted by molar-refractivity contribution is 0.587. The van der Waals surface area contributed by atoms with Gasteiger partial charge in [0.15, 0.2) is 0 Å². The average molecular weight is 290 g/mol. The summed E-state index contributed by atoms with van der Waals surface area (Å²) in [7, 11) is 1.96. The van der Waals surface area contributed by atoms with Crippen molar-refractivity contribution in [1.29, 1.82) is 0 Å². The normalized spacial score (nSPS) is 11.3. The van der Waals surface area contributed by atoms with Crippen molar-refractivity contribution in [2.75, 3.05) is 0 Å². The average Bonchev–Trinajstić information content (AvgIpc) is 2.68. The van der Waals surface area contributed by atoms with Crippen LogP contribution in [0, 0.1) is 13.8 Å². The number of pyridine rings is 1. The molecule has 0 aliphatic rings. The Balaban J connectivity index is 2.11. The van der Waals surface area contributed by atoms with Gasteiger partial charge in [-0.2, -0.15) is 5.10 Å². The minimum absolute atomic E-state index is 0.488. The molecule has 0 saturated heterocycles. The minimum Gasteiger partial charge on any atom is -0.310 e. The highest BCUT2D eigenvalue weighted by molar-refractivity contribution is 7.99. The lowest BCUT2D eigenvalue weighted by Crippen LogP contribution is -2.21. The van der Waals surface area contributed by atoms with Crippen LogP contribution in [0.1, 0.15) is 30.7 Å². The predicted octanol–water partition coefficient (Wildman–Crippen LogP) is 3.08. The molecule has 108 valence electrons. The molecule has 0 bridgehead atoms. The van der Waals surface area contributed by atoms with Crippen molar-refractivity contribution < 1.29 is 0 Å². The smallest absolute Gasteiger partial charge is 0.105 e. The quantitative estimate of drug-likeness (QED) is 0.919. The van der Waals surface area contributed by atoms with Gasteiger partial charge in [0.2, 0.25) is 0 Å². The van der Waals surface area contributed by atoms with E-state index in [0.717, 1.165) is 22.3 Å². The van der Waals surface area contributed by atoms with E-state index < -0.39 is 0 Å². The molecule has 0 unspecified atom stereocenters. The zero-order valence-corrected chi connectivity index (χ0v) is 13.6. The van der Waals surface area contributed by atoms with Crippen molar-refractivity contribution in [3.05, 3.63) is 35.2 Å². The van der Waals surface area contributed by atoms with Gasteiger partial charge in [0.1, 0.15) is 10.1 Å². The molecular formula is C15H22N4S. The summed E-state index contributed by atoms with van der Waals surface area (Å²) in [6.45, 7) is 9.27. The largest absolute Gasteiger partial charge is 0.310 e. The third kappa shape index (κ3) is 3.84. The Kier molecular flexibility index (Phi) is 4.83. The van der Waals surface area contributed by atoms with Crippen LogP contribution >= 0.6 is 11.8 Å². The van der Waals surface area contributed by atoms with Gasteiger partial charge in [-0.25, -0.2) is 4.98 Å². The summed E-state index contributed by atoms with van der Waals surface area (Å²) in [5, 5.41) is 9.93. The molecule has 4 nitrogen and oxygen atoms in total. The first kappa shape index (κ1) is 15.1. The summed E-state index contributed by atoms with van der Waals surface area (Å²) in [5.74, 6) is 0. The molecule has 2 rings (SSSR count). The topological polar surface area (TPSA) is 42.7 Å². The van der Waals surface area contributed by atoms with E-state index in [1.807, 2.05) is 24.9 Å². The van der Waals surface area contributed by atoms with Gasteiger partial charge in [-0.3, -0.25) is 4.68 Å². The highest BCUT2D eigenvalue weighted by Crippen LogP contribution is 2.28. The van der Waals surface area contributed by atoms with Crippen LogP contribution in [0.25, 0.3) is 0 Å². The second-order valence-electron chi connectivity index (χ2n) is 5.35. The third-order valence-electron chi connectivity index (χ3n) is 2.96. The van der Waals surface area contributed by atoms with Crippen molar-refractivity contribution in [3.8, 4) is 0 Å². The number of hydrogen-bond acceptors (Lipinski definition) is 4. The van der Waals surface area contributed by atoms with Crippen LogP contribution in [-0.4, -0.2) is 20.8 Å². The summed E-state index contributed by atoms with van der Waals surface area (Å²) >= 11 is 1.66. The van der Waals surface area contributed by atoms with Crippen molar-refractivity contribution in [3.63, 3.8) is 0 Å². The summed E-state index contributed by atoms with van der Waals surface area (Å²) in [5.41, 5.74) is 3.46. The number of nitrogens with zero attached hydrogens (tertiary/aromatic N) is 3. The SMILES string of the molecule is Cc1cc(Sc2ncc(CNC(C)C)cc2C)n(C)n1. The molecule has 0 aromatic carbocycles. The Morgan fingerprint density at radius 3 is 2.60 bits per heavy atom. The van der Waals surface area contributed by atoms with Gasteiger partial charge in [-0.1, -0.05) is 31.7 Å². The van der Waals surface area contributed by atoms with Crippen molar-refractivity contribution in [2.24, 2.45) is 7.05 Å². The van der Waals surface area contributed by atoms with Gasteiger partial charge in [0, 0.05) is 25.8 Å². The maximum atomic E-state index is 4.58. The fraction of sp³-hybridized carbons (Fsp3) is 0.467. The zero-order valence-electron chi connectivity index (χ0n) is 12.8. The number of nitrogens with one attached hydrogen (secondary N) is 1. The Labute approximate surface area is 125 Å². The highest BCUT2D eigenvalue weighted by Gasteiger charge is 2.08. The van der Waals surface area contributed by atoms with Crippen molar-refractivity contribution in [2.45, 2.75) is 50.3 Å². The maximum Gasteiger partial charge on any atom is 0.105 e. The lowest BCUT2D eigenvalue weighted by Gasteiger charge is -2.10. The molecule has 2 aromatic heterocycles. The van der Waals surface area contributed by atoms with Gasteiger partial charge in [-0.05, 0) is 31.0 Å². The van der Waals surface area contributed by atoms with E-state index in [2.05, 4.69) is 48.3 Å². The monoisotopic (exact) mass is 290 g/mol. The molecule has 0 amide bonds. The molecule has 1 N–H and O–H groups in total. The predicted molar refractivity (Wildman–Crippen MR) is 83.0 cm³/mol. The molecule has 5 heteroatoms. The molecule has 0 aliphatic heterocycles. The second kappa shape index (κ2) is 6.41. The number of hydrogen-bond donors (Lipinski definition) is 1. The number of aromatic nitrogens is 3. The molecule has 0 spiro atoms. The van der Waals surface area contributed by atoms with Gasteiger partial charge < -0.3 is 5.32 Å². The Bertz CT molecular complexity index is 590. The number of rotatable bonds is 5. The number of aryl methyl sites for hydroxylation is 3. The van der Waals surface area contributed by atoms with Crippen LogP contribution in [0.15, 0.2) is 28.4 Å². The van der Waals surface area contributed by atoms with E-state index in [9.17, 15) is 0 Å². The van der Waals surface area contributed by atoms with Crippen LogP contribution in [0.3, 0.4) is 0 Å². The van der Waals surface area contributed by atoms with Gasteiger partial charge in [0.05, 0.1) is 5.69 Å². The van der Waals surface area contributed by atoms with E-state index in [4.69, 9.17) is 0 Å². The van der Waals surface area contributed by atoms with Gasteiger partial charge in [0.25, 0.3) is 0 Å². The summed E-state index contributed by atoms with van der Waals surface area (Å²) < 4.78 is 1.90. The fourth-order valence-electron chi connectivity index (χ4n) is 1.93. The summed E-state index contributed by atoms with van der Waals surface area (Å²) in [6.07, 6.45) is 1.95. The molecule has 0 aliphatic carbocycles. The van der Waals surface area contributed by atoms with Gasteiger partial charge in [-0.15, -0.1) is 0 Å². The van der Waals surface area contributed by atoms with Crippen molar-refractivity contribution >= 4 is 11.8 Å². The highest BCUT2D eigenvalue weighted by atomic mass is 32.2. The first-order valence-electron chi connectivity index (χ1n) is 6.83. The summed E-state index contributed by atoms with van der Waals surface area (Å²) in [6, 6.07) is 4.77. The van der Waals surface area contributed by atoms with E-state index in [1.54, 1.807) is 11.8 Å². The first-order chi connectivity index (χ1) is 9.45. The van der Waals surface area contributed by atoms with Gasteiger partial charge >= 0.3 is 0 Å². The van der Waals surface area contributed by atoms with Crippen LogP contribution in [0.2, 0.25) is 0 Å². The molecule has 2 heterocycles. The molecule has 0 atom stereocenters. The third-order valence-corrected chi connectivity index (χ3v) is 4.17. The molecule has 0 fully saturated rings. The second-order valence-corrected chi connectivity index (χ2v) is 6.36. The van der Waals surface area contributed by atoms with E-state index in [0.29, 0.717) is 6.04 Å². The molecule has 2 aromatic rings. The minimum atomic E-state index is 0.488. The Morgan fingerprint density at radius 2 is 2.05 bits per heavy atom. The van der Waals surface area contributed by atoms with E-state index in [-0.39, 0.29) is 0 Å². The van der Waals surface area contributed by atoms with E-state index in [1.165, 1.54) is 11.1 Å². The van der Waals surface area contributed by atoms with Crippen molar-refractivity contribution in [1.82, 2.24) is 20.1 Å². The zero-order chi connectivity index (χ0) is 14.7. The van der Waals surface area contributed by atoms with Crippen LogP contribution in [0.4, 0.5) is 0 Å². The lowest BCUT2D eigenvalue weighted by atomic mass is 10.2.